The molecule has 0 fully saturated rings. The fraction of sp³-hybridized carbons (Fsp3) is 0.154. The second-order valence-electron chi connectivity index (χ2n) is 8.56. The SMILES string of the molecule is CN(C)CC(=O)N(C)c1ccc(N/C(=C2\C(=O)Nc3cc(Cl)ccc32)c2ccc([N+](=O)[O-])cc2)cc1. The van der Waals surface area contributed by atoms with Crippen molar-refractivity contribution >= 4 is 57.4 Å². The molecule has 0 unspecified atom stereocenters. The minimum Gasteiger partial charge on any atom is -0.354 e. The minimum absolute atomic E-state index is 0.0488. The van der Waals surface area contributed by atoms with E-state index in [1.165, 1.54) is 12.1 Å². The number of hydrogen-bond acceptors (Lipinski definition) is 6. The summed E-state index contributed by atoms with van der Waals surface area (Å²) in [5, 5.41) is 17.8. The summed E-state index contributed by atoms with van der Waals surface area (Å²) in [6.45, 7) is 0.283. The molecule has 3 aromatic carbocycles. The summed E-state index contributed by atoms with van der Waals surface area (Å²) in [7, 11) is 5.37. The number of nitrogens with one attached hydrogen (secondary N) is 2. The Kier molecular flexibility index (Phi) is 7.05. The van der Waals surface area contributed by atoms with Crippen molar-refractivity contribution in [3.63, 3.8) is 0 Å². The van der Waals surface area contributed by atoms with Crippen LogP contribution in [0.2, 0.25) is 5.02 Å². The van der Waals surface area contributed by atoms with Gasteiger partial charge in [0, 0.05) is 41.1 Å². The Morgan fingerprint density at radius 1 is 1.03 bits per heavy atom. The molecule has 0 saturated carbocycles. The average molecular weight is 506 g/mol. The standard InChI is InChI=1S/C26H24ClN5O4/c1-30(2)15-23(33)31(3)19-11-7-18(8-12-19)28-25(16-4-9-20(10-5-16)32(35)36)24-21-13-6-17(27)14-22(21)29-26(24)34/h4-14,28H,15H2,1-3H3,(H,29,34)/b25-24-. The molecule has 3 aromatic rings. The molecule has 0 aliphatic carbocycles. The molecule has 0 aromatic heterocycles. The second-order valence-corrected chi connectivity index (χ2v) is 9.00. The lowest BCUT2D eigenvalue weighted by atomic mass is 10.00. The number of carbonyl (C=O) groups excluding carboxylic acids is 2. The number of carbonyl (C=O) groups is 2. The number of nitrogens with zero attached hydrogens (tertiary/aromatic N) is 3. The molecule has 4 rings (SSSR count). The molecular formula is C26H24ClN5O4. The number of likely N-dealkylation sites (N-methyl/N-ethyl adjacent to an activating group) is 2. The largest absolute Gasteiger partial charge is 0.354 e. The van der Waals surface area contributed by atoms with E-state index in [2.05, 4.69) is 10.6 Å². The van der Waals surface area contributed by atoms with Crippen molar-refractivity contribution in [2.45, 2.75) is 0 Å². The van der Waals surface area contributed by atoms with Gasteiger partial charge in [-0.1, -0.05) is 17.7 Å². The van der Waals surface area contributed by atoms with E-state index in [0.717, 1.165) is 5.69 Å². The van der Waals surface area contributed by atoms with Crippen LogP contribution in [0.25, 0.3) is 11.3 Å². The highest BCUT2D eigenvalue weighted by atomic mass is 35.5. The van der Waals surface area contributed by atoms with Crippen molar-refractivity contribution in [1.82, 2.24) is 4.90 Å². The first-order valence-corrected chi connectivity index (χ1v) is 11.4. The van der Waals surface area contributed by atoms with E-state index in [0.29, 0.717) is 38.8 Å². The van der Waals surface area contributed by atoms with E-state index in [9.17, 15) is 19.7 Å². The van der Waals surface area contributed by atoms with E-state index < -0.39 is 4.92 Å². The van der Waals surface area contributed by atoms with Crippen molar-refractivity contribution in [2.24, 2.45) is 0 Å². The first-order chi connectivity index (χ1) is 17.1. The van der Waals surface area contributed by atoms with Gasteiger partial charge in [-0.15, -0.1) is 0 Å². The van der Waals surface area contributed by atoms with Gasteiger partial charge in [0.2, 0.25) is 5.91 Å². The second kappa shape index (κ2) is 10.2. The van der Waals surface area contributed by atoms with E-state index in [1.807, 2.05) is 14.1 Å². The lowest BCUT2D eigenvalue weighted by Crippen LogP contribution is -2.34. The Labute approximate surface area is 213 Å². The Morgan fingerprint density at radius 2 is 1.69 bits per heavy atom. The van der Waals surface area contributed by atoms with Crippen LogP contribution in [0.5, 0.6) is 0 Å². The van der Waals surface area contributed by atoms with Gasteiger partial charge in [-0.05, 0) is 68.2 Å². The maximum absolute atomic E-state index is 13.0. The summed E-state index contributed by atoms with van der Waals surface area (Å²) in [4.78, 5) is 39.4. The molecule has 184 valence electrons. The Balaban J connectivity index is 1.73. The van der Waals surface area contributed by atoms with Gasteiger partial charge in [0.15, 0.2) is 0 Å². The number of rotatable bonds is 7. The van der Waals surface area contributed by atoms with E-state index in [-0.39, 0.29) is 24.0 Å². The van der Waals surface area contributed by atoms with Gasteiger partial charge in [0.1, 0.15) is 0 Å². The zero-order valence-electron chi connectivity index (χ0n) is 19.9. The molecule has 10 heteroatoms. The number of nitro groups is 1. The third kappa shape index (κ3) is 5.22. The van der Waals surface area contributed by atoms with Crippen molar-refractivity contribution in [3.8, 4) is 0 Å². The van der Waals surface area contributed by atoms with Gasteiger partial charge < -0.3 is 20.4 Å². The van der Waals surface area contributed by atoms with Gasteiger partial charge in [0.05, 0.1) is 28.4 Å². The molecule has 0 radical (unpaired) electrons. The number of benzene rings is 3. The van der Waals surface area contributed by atoms with Gasteiger partial charge in [-0.25, -0.2) is 0 Å². The molecule has 1 aliphatic heterocycles. The smallest absolute Gasteiger partial charge is 0.269 e. The van der Waals surface area contributed by atoms with Gasteiger partial charge in [-0.2, -0.15) is 0 Å². The molecule has 0 bridgehead atoms. The summed E-state index contributed by atoms with van der Waals surface area (Å²) < 4.78 is 0. The van der Waals surface area contributed by atoms with Crippen LogP contribution < -0.4 is 15.5 Å². The highest BCUT2D eigenvalue weighted by Crippen LogP contribution is 2.39. The fourth-order valence-corrected chi connectivity index (χ4v) is 4.03. The van der Waals surface area contributed by atoms with Crippen molar-refractivity contribution in [3.05, 3.63) is 93.0 Å². The lowest BCUT2D eigenvalue weighted by Gasteiger charge is -2.20. The predicted octanol–water partition coefficient (Wildman–Crippen LogP) is 4.71. The summed E-state index contributed by atoms with van der Waals surface area (Å²) >= 11 is 6.11. The molecule has 9 nitrogen and oxygen atoms in total. The Morgan fingerprint density at radius 3 is 2.31 bits per heavy atom. The number of nitro benzene ring substituents is 1. The summed E-state index contributed by atoms with van der Waals surface area (Å²) in [5.74, 6) is -0.369. The molecule has 1 aliphatic rings. The van der Waals surface area contributed by atoms with Crippen molar-refractivity contribution in [2.75, 3.05) is 43.2 Å². The number of amides is 2. The number of fused-ring (bicyclic) bond motifs is 1. The number of hydrogen-bond donors (Lipinski definition) is 2. The number of anilines is 3. The van der Waals surface area contributed by atoms with Crippen molar-refractivity contribution < 1.29 is 14.5 Å². The van der Waals surface area contributed by atoms with Gasteiger partial charge >= 0.3 is 0 Å². The van der Waals surface area contributed by atoms with Crippen LogP contribution in [0, 0.1) is 10.1 Å². The topological polar surface area (TPSA) is 108 Å². The van der Waals surface area contributed by atoms with Crippen LogP contribution in [0.3, 0.4) is 0 Å². The normalized spacial score (nSPS) is 13.8. The van der Waals surface area contributed by atoms with E-state index >= 15 is 0 Å². The van der Waals surface area contributed by atoms with Crippen LogP contribution in [-0.2, 0) is 9.59 Å². The van der Waals surface area contributed by atoms with Crippen LogP contribution >= 0.6 is 11.6 Å². The molecular weight excluding hydrogens is 482 g/mol. The third-order valence-corrected chi connectivity index (χ3v) is 5.93. The molecule has 2 N–H and O–H groups in total. The zero-order chi connectivity index (χ0) is 26.0. The third-order valence-electron chi connectivity index (χ3n) is 5.69. The van der Waals surface area contributed by atoms with E-state index in [1.54, 1.807) is 71.4 Å². The van der Waals surface area contributed by atoms with Gasteiger partial charge in [0.25, 0.3) is 11.6 Å². The summed E-state index contributed by atoms with van der Waals surface area (Å²) in [6, 6.07) is 18.3. The molecule has 0 spiro atoms. The quantitative estimate of drug-likeness (QED) is 0.273. The first-order valence-electron chi connectivity index (χ1n) is 11.0. The summed E-state index contributed by atoms with van der Waals surface area (Å²) in [5.41, 5.74) is 4.04. The van der Waals surface area contributed by atoms with Gasteiger partial charge in [-0.3, -0.25) is 19.7 Å². The van der Waals surface area contributed by atoms with Crippen molar-refractivity contribution in [1.29, 1.82) is 0 Å². The number of non-ortho nitro benzene ring substituents is 1. The minimum atomic E-state index is -0.476. The Bertz CT molecular complexity index is 1370. The van der Waals surface area contributed by atoms with Crippen LogP contribution in [-0.4, -0.2) is 49.3 Å². The molecule has 0 saturated heterocycles. The number of halogens is 1. The highest BCUT2D eigenvalue weighted by Gasteiger charge is 2.29. The fourth-order valence-electron chi connectivity index (χ4n) is 3.86. The van der Waals surface area contributed by atoms with Crippen LogP contribution in [0.1, 0.15) is 11.1 Å². The lowest BCUT2D eigenvalue weighted by molar-refractivity contribution is -0.384. The highest BCUT2D eigenvalue weighted by molar-refractivity contribution is 6.38. The predicted molar refractivity (Wildman–Crippen MR) is 142 cm³/mol. The average Bonchev–Trinajstić information content (AvgIpc) is 3.16. The molecule has 0 atom stereocenters. The maximum Gasteiger partial charge on any atom is 0.269 e. The zero-order valence-corrected chi connectivity index (χ0v) is 20.7. The molecule has 1 heterocycles. The maximum atomic E-state index is 13.0. The molecule has 36 heavy (non-hydrogen) atoms. The Hall–Kier alpha value is -4.21. The monoisotopic (exact) mass is 505 g/mol. The van der Waals surface area contributed by atoms with Crippen LogP contribution in [0.4, 0.5) is 22.7 Å². The summed E-state index contributed by atoms with van der Waals surface area (Å²) in [6.07, 6.45) is 0. The van der Waals surface area contributed by atoms with E-state index in [4.69, 9.17) is 11.6 Å². The first kappa shape index (κ1) is 24.9. The molecule has 2 amide bonds. The van der Waals surface area contributed by atoms with Crippen LogP contribution in [0.15, 0.2) is 66.7 Å².